The van der Waals surface area contributed by atoms with Gasteiger partial charge in [-0.05, 0) is 22.8 Å². The van der Waals surface area contributed by atoms with E-state index in [1.165, 1.54) is 0 Å². The molecule has 0 radical (unpaired) electrons. The predicted octanol–water partition coefficient (Wildman–Crippen LogP) is 1.74. The second-order valence-electron chi connectivity index (χ2n) is 3.65. The monoisotopic (exact) mass is 214 g/mol. The van der Waals surface area contributed by atoms with Crippen LogP contribution in [0.25, 0.3) is 11.1 Å². The van der Waals surface area contributed by atoms with Crippen LogP contribution in [0.1, 0.15) is 11.6 Å². The minimum absolute atomic E-state index is 0.0355. The molecule has 2 aromatic rings. The third kappa shape index (κ3) is 2.27. The summed E-state index contributed by atoms with van der Waals surface area (Å²) in [6, 6.07) is 11.5. The largest absolute Gasteiger partial charge is 0.394 e. The number of nitrogens with zero attached hydrogens (tertiary/aromatic N) is 1. The lowest BCUT2D eigenvalue weighted by Gasteiger charge is -2.09. The van der Waals surface area contributed by atoms with Crippen molar-refractivity contribution in [2.45, 2.75) is 6.04 Å². The predicted molar refractivity (Wildman–Crippen MR) is 63.7 cm³/mol. The van der Waals surface area contributed by atoms with Crippen LogP contribution in [-0.2, 0) is 0 Å². The standard InChI is InChI=1S/C13H14N2O/c14-13(9-16)11-5-3-10(4-6-11)12-2-1-7-15-8-12/h1-8,13,16H,9,14H2/t13-/m0/s1. The average Bonchev–Trinajstić information content (AvgIpc) is 2.39. The Morgan fingerprint density at radius 1 is 1.12 bits per heavy atom. The zero-order chi connectivity index (χ0) is 11.4. The fraction of sp³-hybridized carbons (Fsp3) is 0.154. The molecule has 1 aromatic heterocycles. The molecule has 0 fully saturated rings. The van der Waals surface area contributed by atoms with Gasteiger partial charge in [0.2, 0.25) is 0 Å². The van der Waals surface area contributed by atoms with Gasteiger partial charge >= 0.3 is 0 Å². The molecule has 0 unspecified atom stereocenters. The van der Waals surface area contributed by atoms with Crippen LogP contribution < -0.4 is 5.73 Å². The summed E-state index contributed by atoms with van der Waals surface area (Å²) in [5.74, 6) is 0. The molecule has 3 N–H and O–H groups in total. The molecule has 0 aliphatic carbocycles. The summed E-state index contributed by atoms with van der Waals surface area (Å²) in [4.78, 5) is 4.07. The lowest BCUT2D eigenvalue weighted by molar-refractivity contribution is 0.268. The fourth-order valence-corrected chi connectivity index (χ4v) is 1.56. The van der Waals surface area contributed by atoms with Crippen molar-refractivity contribution in [3.8, 4) is 11.1 Å². The number of aliphatic hydroxyl groups excluding tert-OH is 1. The molecule has 3 nitrogen and oxygen atoms in total. The van der Waals surface area contributed by atoms with Crippen molar-refractivity contribution in [3.05, 3.63) is 54.4 Å². The van der Waals surface area contributed by atoms with E-state index in [1.807, 2.05) is 42.6 Å². The molecule has 1 aromatic carbocycles. The number of hydrogen-bond acceptors (Lipinski definition) is 3. The topological polar surface area (TPSA) is 59.1 Å². The number of rotatable bonds is 3. The summed E-state index contributed by atoms with van der Waals surface area (Å²) < 4.78 is 0. The molecule has 0 saturated carbocycles. The van der Waals surface area contributed by atoms with Crippen molar-refractivity contribution in [1.82, 2.24) is 4.98 Å². The summed E-state index contributed by atoms with van der Waals surface area (Å²) in [7, 11) is 0. The van der Waals surface area contributed by atoms with Gasteiger partial charge in [-0.1, -0.05) is 30.3 Å². The SMILES string of the molecule is N[C@@H](CO)c1ccc(-c2cccnc2)cc1. The smallest absolute Gasteiger partial charge is 0.0624 e. The van der Waals surface area contributed by atoms with Crippen LogP contribution in [0.3, 0.4) is 0 Å². The lowest BCUT2D eigenvalue weighted by atomic mass is 10.0. The van der Waals surface area contributed by atoms with Crippen molar-refractivity contribution < 1.29 is 5.11 Å². The van der Waals surface area contributed by atoms with E-state index in [1.54, 1.807) is 6.20 Å². The summed E-state index contributed by atoms with van der Waals surface area (Å²) in [5.41, 5.74) is 8.84. The minimum atomic E-state index is -0.303. The molecule has 1 heterocycles. The van der Waals surface area contributed by atoms with Gasteiger partial charge in [-0.3, -0.25) is 4.98 Å². The Hall–Kier alpha value is -1.71. The molecule has 0 amide bonds. The molecule has 0 bridgehead atoms. The van der Waals surface area contributed by atoms with Crippen LogP contribution in [0.4, 0.5) is 0 Å². The summed E-state index contributed by atoms with van der Waals surface area (Å²) in [5, 5.41) is 8.94. The Kier molecular flexibility index (Phi) is 3.29. The van der Waals surface area contributed by atoms with Crippen LogP contribution >= 0.6 is 0 Å². The highest BCUT2D eigenvalue weighted by Gasteiger charge is 2.04. The Bertz CT molecular complexity index is 439. The average molecular weight is 214 g/mol. The number of hydrogen-bond donors (Lipinski definition) is 2. The Morgan fingerprint density at radius 2 is 1.88 bits per heavy atom. The van der Waals surface area contributed by atoms with Gasteiger partial charge in [0.25, 0.3) is 0 Å². The second kappa shape index (κ2) is 4.88. The Balaban J connectivity index is 2.26. The lowest BCUT2D eigenvalue weighted by Crippen LogP contribution is -2.14. The van der Waals surface area contributed by atoms with Gasteiger partial charge in [0.15, 0.2) is 0 Å². The van der Waals surface area contributed by atoms with E-state index < -0.39 is 0 Å². The summed E-state index contributed by atoms with van der Waals surface area (Å²) >= 11 is 0. The first-order chi connectivity index (χ1) is 7.81. The third-order valence-corrected chi connectivity index (χ3v) is 2.53. The van der Waals surface area contributed by atoms with Gasteiger partial charge in [-0.25, -0.2) is 0 Å². The molecular weight excluding hydrogens is 200 g/mol. The number of aromatic nitrogens is 1. The van der Waals surface area contributed by atoms with Gasteiger partial charge in [-0.15, -0.1) is 0 Å². The molecular formula is C13H14N2O. The maximum Gasteiger partial charge on any atom is 0.0624 e. The fourth-order valence-electron chi connectivity index (χ4n) is 1.56. The van der Waals surface area contributed by atoms with Crippen molar-refractivity contribution in [1.29, 1.82) is 0 Å². The summed E-state index contributed by atoms with van der Waals surface area (Å²) in [6.45, 7) is -0.0355. The van der Waals surface area contributed by atoms with E-state index in [0.29, 0.717) is 0 Å². The number of aliphatic hydroxyl groups is 1. The van der Waals surface area contributed by atoms with E-state index in [-0.39, 0.29) is 12.6 Å². The van der Waals surface area contributed by atoms with Crippen LogP contribution in [0, 0.1) is 0 Å². The molecule has 0 saturated heterocycles. The molecule has 82 valence electrons. The van der Waals surface area contributed by atoms with Crippen molar-refractivity contribution in [2.24, 2.45) is 5.73 Å². The Labute approximate surface area is 94.6 Å². The third-order valence-electron chi connectivity index (χ3n) is 2.53. The molecule has 1 atom stereocenters. The van der Waals surface area contributed by atoms with Gasteiger partial charge in [0.1, 0.15) is 0 Å². The van der Waals surface area contributed by atoms with Crippen LogP contribution in [-0.4, -0.2) is 16.7 Å². The van der Waals surface area contributed by atoms with Gasteiger partial charge in [0, 0.05) is 12.4 Å². The molecule has 2 rings (SSSR count). The second-order valence-corrected chi connectivity index (χ2v) is 3.65. The number of nitrogens with two attached hydrogens (primary N) is 1. The van der Waals surface area contributed by atoms with E-state index in [2.05, 4.69) is 4.98 Å². The van der Waals surface area contributed by atoms with Gasteiger partial charge in [0.05, 0.1) is 12.6 Å². The molecule has 0 spiro atoms. The van der Waals surface area contributed by atoms with Crippen molar-refractivity contribution in [3.63, 3.8) is 0 Å². The highest BCUT2D eigenvalue weighted by molar-refractivity contribution is 5.62. The molecule has 0 aliphatic heterocycles. The van der Waals surface area contributed by atoms with E-state index in [9.17, 15) is 0 Å². The molecule has 3 heteroatoms. The first-order valence-electron chi connectivity index (χ1n) is 5.18. The van der Waals surface area contributed by atoms with Crippen LogP contribution in [0.5, 0.6) is 0 Å². The zero-order valence-electron chi connectivity index (χ0n) is 8.88. The normalized spacial score (nSPS) is 12.4. The minimum Gasteiger partial charge on any atom is -0.394 e. The zero-order valence-corrected chi connectivity index (χ0v) is 8.88. The first-order valence-corrected chi connectivity index (χ1v) is 5.18. The number of pyridine rings is 1. The maximum atomic E-state index is 8.94. The van der Waals surface area contributed by atoms with Crippen molar-refractivity contribution in [2.75, 3.05) is 6.61 Å². The number of benzene rings is 1. The maximum absolute atomic E-state index is 8.94. The highest BCUT2D eigenvalue weighted by atomic mass is 16.3. The highest BCUT2D eigenvalue weighted by Crippen LogP contribution is 2.20. The van der Waals surface area contributed by atoms with Gasteiger partial charge in [-0.2, -0.15) is 0 Å². The quantitative estimate of drug-likeness (QED) is 0.818. The van der Waals surface area contributed by atoms with Gasteiger partial charge < -0.3 is 10.8 Å². The van der Waals surface area contributed by atoms with Crippen LogP contribution in [0.15, 0.2) is 48.8 Å². The molecule has 16 heavy (non-hydrogen) atoms. The van der Waals surface area contributed by atoms with Crippen molar-refractivity contribution >= 4 is 0 Å². The first kappa shape index (κ1) is 10.8. The van der Waals surface area contributed by atoms with Crippen LogP contribution in [0.2, 0.25) is 0 Å². The summed E-state index contributed by atoms with van der Waals surface area (Å²) in [6.07, 6.45) is 3.57. The Morgan fingerprint density at radius 3 is 2.44 bits per heavy atom. The van der Waals surface area contributed by atoms with E-state index >= 15 is 0 Å². The van der Waals surface area contributed by atoms with E-state index in [0.717, 1.165) is 16.7 Å². The van der Waals surface area contributed by atoms with E-state index in [4.69, 9.17) is 10.8 Å². The molecule has 0 aliphatic rings.